The number of benzene rings is 2. The number of carbonyl (C=O) groups is 3. The molecule has 0 saturated carbocycles. The number of ether oxygens (including phenoxy) is 2. The number of unbranched alkanes of at least 4 members (excludes halogenated alkanes) is 1. The first kappa shape index (κ1) is 27.2. The van der Waals surface area contributed by atoms with E-state index in [4.69, 9.17) is 9.47 Å². The number of nitrogens with one attached hydrogen (secondary N) is 2. The van der Waals surface area contributed by atoms with Gasteiger partial charge in [-0.15, -0.1) is 0 Å². The zero-order valence-electron chi connectivity index (χ0n) is 19.3. The lowest BCUT2D eigenvalue weighted by atomic mass is 10.1. The van der Waals surface area contributed by atoms with Gasteiger partial charge in [0.15, 0.2) is 0 Å². The molecule has 0 aliphatic rings. The number of esters is 1. The molecule has 0 fully saturated rings. The second-order valence-electron chi connectivity index (χ2n) is 7.61. The van der Waals surface area contributed by atoms with Crippen LogP contribution in [0.25, 0.3) is 0 Å². The molecule has 2 aromatic carbocycles. The maximum atomic E-state index is 12.6. The van der Waals surface area contributed by atoms with E-state index in [9.17, 15) is 19.5 Å². The second kappa shape index (κ2) is 15.7. The fourth-order valence-electron chi connectivity index (χ4n) is 3.02. The highest BCUT2D eigenvalue weighted by Crippen LogP contribution is 2.08. The average molecular weight is 489 g/mol. The Morgan fingerprint density at radius 2 is 1.50 bits per heavy atom. The molecule has 34 heavy (non-hydrogen) atoms. The summed E-state index contributed by atoms with van der Waals surface area (Å²) in [6, 6.07) is 17.7. The van der Waals surface area contributed by atoms with E-state index >= 15 is 0 Å². The number of amides is 2. The Morgan fingerprint density at radius 3 is 2.09 bits per heavy atom. The molecule has 0 aliphatic carbocycles. The molecule has 0 radical (unpaired) electrons. The van der Waals surface area contributed by atoms with Crippen molar-refractivity contribution in [2.24, 2.45) is 0 Å². The zero-order chi connectivity index (χ0) is 24.6. The van der Waals surface area contributed by atoms with Crippen LogP contribution in [-0.4, -0.2) is 53.8 Å². The van der Waals surface area contributed by atoms with Gasteiger partial charge in [-0.1, -0.05) is 60.7 Å². The Morgan fingerprint density at radius 1 is 0.912 bits per heavy atom. The van der Waals surface area contributed by atoms with E-state index in [-0.39, 0.29) is 19.0 Å². The van der Waals surface area contributed by atoms with Gasteiger partial charge in [0.05, 0.1) is 0 Å². The SMILES string of the molecule is CSCC(O)C(=O)NC(CCCCNC(=O)OCc1ccccc1)C(=O)OCc1ccccc1. The molecular weight excluding hydrogens is 456 g/mol. The lowest BCUT2D eigenvalue weighted by molar-refractivity contribution is -0.150. The minimum atomic E-state index is -1.21. The summed E-state index contributed by atoms with van der Waals surface area (Å²) >= 11 is 1.33. The minimum absolute atomic E-state index is 0.0915. The van der Waals surface area contributed by atoms with E-state index in [0.717, 1.165) is 11.1 Å². The number of aliphatic hydroxyl groups is 1. The van der Waals surface area contributed by atoms with Crippen LogP contribution in [-0.2, 0) is 32.3 Å². The maximum Gasteiger partial charge on any atom is 0.407 e. The summed E-state index contributed by atoms with van der Waals surface area (Å²) in [6.45, 7) is 0.642. The van der Waals surface area contributed by atoms with Gasteiger partial charge >= 0.3 is 12.1 Å². The summed E-state index contributed by atoms with van der Waals surface area (Å²) in [5.41, 5.74) is 1.73. The highest BCUT2D eigenvalue weighted by Gasteiger charge is 2.25. The van der Waals surface area contributed by atoms with Crippen molar-refractivity contribution in [1.29, 1.82) is 0 Å². The van der Waals surface area contributed by atoms with E-state index in [1.165, 1.54) is 11.8 Å². The molecule has 0 saturated heterocycles. The molecule has 2 amide bonds. The van der Waals surface area contributed by atoms with Gasteiger partial charge in [-0.3, -0.25) is 4.79 Å². The maximum absolute atomic E-state index is 12.6. The summed E-state index contributed by atoms with van der Waals surface area (Å²) in [5.74, 6) is -0.950. The molecule has 8 nitrogen and oxygen atoms in total. The van der Waals surface area contributed by atoms with Gasteiger partial charge in [0.2, 0.25) is 5.91 Å². The summed E-state index contributed by atoms with van der Waals surface area (Å²) in [6.07, 6.45) is 1.48. The Bertz CT molecular complexity index is 881. The number of carbonyl (C=O) groups excluding carboxylic acids is 3. The molecule has 2 rings (SSSR count). The first-order valence-electron chi connectivity index (χ1n) is 11.1. The predicted molar refractivity (Wildman–Crippen MR) is 131 cm³/mol. The van der Waals surface area contributed by atoms with Crippen LogP contribution < -0.4 is 10.6 Å². The monoisotopic (exact) mass is 488 g/mol. The molecule has 184 valence electrons. The van der Waals surface area contributed by atoms with E-state index in [2.05, 4.69) is 10.6 Å². The quantitative estimate of drug-likeness (QED) is 0.277. The minimum Gasteiger partial charge on any atom is -0.459 e. The van der Waals surface area contributed by atoms with Crippen molar-refractivity contribution in [2.75, 3.05) is 18.6 Å². The van der Waals surface area contributed by atoms with Gasteiger partial charge in [-0.05, 0) is 36.6 Å². The lowest BCUT2D eigenvalue weighted by Gasteiger charge is -2.19. The van der Waals surface area contributed by atoms with E-state index in [0.29, 0.717) is 25.8 Å². The summed E-state index contributed by atoms with van der Waals surface area (Å²) in [5, 5.41) is 15.2. The van der Waals surface area contributed by atoms with Gasteiger partial charge in [-0.2, -0.15) is 11.8 Å². The third kappa shape index (κ3) is 10.7. The van der Waals surface area contributed by atoms with Crippen LogP contribution in [0.15, 0.2) is 60.7 Å². The van der Waals surface area contributed by atoms with Gasteiger partial charge < -0.3 is 25.2 Å². The van der Waals surface area contributed by atoms with Crippen molar-refractivity contribution in [3.8, 4) is 0 Å². The van der Waals surface area contributed by atoms with Crippen LogP contribution >= 0.6 is 11.8 Å². The van der Waals surface area contributed by atoms with Crippen LogP contribution in [0.4, 0.5) is 4.79 Å². The van der Waals surface area contributed by atoms with Crippen molar-refractivity contribution in [1.82, 2.24) is 10.6 Å². The zero-order valence-corrected chi connectivity index (χ0v) is 20.1. The predicted octanol–water partition coefficient (Wildman–Crippen LogP) is 3.04. The molecular formula is C25H32N2O6S. The summed E-state index contributed by atoms with van der Waals surface area (Å²) in [7, 11) is 0. The molecule has 0 bridgehead atoms. The first-order valence-corrected chi connectivity index (χ1v) is 12.5. The van der Waals surface area contributed by atoms with E-state index in [1.807, 2.05) is 60.7 Å². The highest BCUT2D eigenvalue weighted by molar-refractivity contribution is 7.98. The van der Waals surface area contributed by atoms with Gasteiger partial charge in [-0.25, -0.2) is 9.59 Å². The largest absolute Gasteiger partial charge is 0.459 e. The molecule has 0 heterocycles. The summed E-state index contributed by atoms with van der Waals surface area (Å²) < 4.78 is 10.5. The van der Waals surface area contributed by atoms with E-state index < -0.39 is 30.1 Å². The number of hydrogen-bond donors (Lipinski definition) is 3. The van der Waals surface area contributed by atoms with Crippen molar-refractivity contribution >= 4 is 29.7 Å². The van der Waals surface area contributed by atoms with Crippen LogP contribution in [0.2, 0.25) is 0 Å². The Balaban J connectivity index is 1.76. The average Bonchev–Trinajstić information content (AvgIpc) is 2.86. The number of alkyl carbamates (subject to hydrolysis) is 1. The van der Waals surface area contributed by atoms with Gasteiger partial charge in [0, 0.05) is 12.3 Å². The Labute approximate surface area is 204 Å². The standard InChI is InChI=1S/C25H32N2O6S/c1-34-18-22(28)23(29)27-21(24(30)32-16-19-10-4-2-5-11-19)14-8-9-15-26-25(31)33-17-20-12-6-3-7-13-20/h2-7,10-13,21-22,28H,8-9,14-18H2,1H3,(H,26,31)(H,27,29). The summed E-state index contributed by atoms with van der Waals surface area (Å²) in [4.78, 5) is 36.7. The van der Waals surface area contributed by atoms with Crippen LogP contribution in [0.1, 0.15) is 30.4 Å². The molecule has 0 aliphatic heterocycles. The topological polar surface area (TPSA) is 114 Å². The van der Waals surface area contributed by atoms with Gasteiger partial charge in [0.1, 0.15) is 25.4 Å². The van der Waals surface area contributed by atoms with Crippen molar-refractivity contribution in [2.45, 2.75) is 44.6 Å². The van der Waals surface area contributed by atoms with Crippen molar-refractivity contribution < 1.29 is 29.0 Å². The number of hydrogen-bond acceptors (Lipinski definition) is 7. The Kier molecular flexibility index (Phi) is 12.6. The van der Waals surface area contributed by atoms with Crippen LogP contribution in [0.5, 0.6) is 0 Å². The smallest absolute Gasteiger partial charge is 0.407 e. The van der Waals surface area contributed by atoms with Crippen LogP contribution in [0, 0.1) is 0 Å². The fraction of sp³-hybridized carbons (Fsp3) is 0.400. The number of aliphatic hydroxyl groups excluding tert-OH is 1. The highest BCUT2D eigenvalue weighted by atomic mass is 32.2. The van der Waals surface area contributed by atoms with Crippen LogP contribution in [0.3, 0.4) is 0 Å². The van der Waals surface area contributed by atoms with E-state index in [1.54, 1.807) is 6.26 Å². The molecule has 2 atom stereocenters. The molecule has 3 N–H and O–H groups in total. The lowest BCUT2D eigenvalue weighted by Crippen LogP contribution is -2.46. The first-order chi connectivity index (χ1) is 16.5. The molecule has 0 spiro atoms. The van der Waals surface area contributed by atoms with Crippen molar-refractivity contribution in [3.63, 3.8) is 0 Å². The molecule has 2 aromatic rings. The molecule has 2 unspecified atom stereocenters. The Hall–Kier alpha value is -3.04. The van der Waals surface area contributed by atoms with Gasteiger partial charge in [0.25, 0.3) is 0 Å². The number of thioether (sulfide) groups is 1. The third-order valence-corrected chi connectivity index (χ3v) is 5.50. The fourth-order valence-corrected chi connectivity index (χ4v) is 3.48. The normalized spacial score (nSPS) is 12.3. The third-order valence-electron chi connectivity index (χ3n) is 4.85. The second-order valence-corrected chi connectivity index (χ2v) is 8.52. The molecule has 9 heteroatoms. The van der Waals surface area contributed by atoms with Crippen molar-refractivity contribution in [3.05, 3.63) is 71.8 Å². The number of rotatable bonds is 14. The molecule has 0 aromatic heterocycles.